The maximum Gasteiger partial charge on any atom is 0.240 e. The number of ether oxygens (including phenoxy) is 1. The number of rotatable bonds is 10. The van der Waals surface area contributed by atoms with Crippen LogP contribution >= 0.6 is 0 Å². The van der Waals surface area contributed by atoms with Gasteiger partial charge in [0.05, 0.1) is 24.1 Å². The van der Waals surface area contributed by atoms with Crippen molar-refractivity contribution in [1.82, 2.24) is 15.2 Å². The molecular weight excluding hydrogens is 442 g/mol. The number of aryl methyl sites for hydroxylation is 1. The molecule has 188 valence electrons. The molecule has 1 N–H and O–H groups in total. The third kappa shape index (κ3) is 6.94. The lowest BCUT2D eigenvalue weighted by atomic mass is 9.94. The average molecular weight is 482 g/mol. The van der Waals surface area contributed by atoms with Crippen molar-refractivity contribution < 1.29 is 4.74 Å². The number of pyridine rings is 1. The first-order valence-corrected chi connectivity index (χ1v) is 12.9. The number of allylic oxidation sites excluding steroid dienone is 13. The number of aromatic nitrogens is 3. The summed E-state index contributed by atoms with van der Waals surface area (Å²) in [5, 5.41) is 7.50. The van der Waals surface area contributed by atoms with Crippen LogP contribution in [0.15, 0.2) is 95.7 Å². The van der Waals surface area contributed by atoms with E-state index < -0.39 is 0 Å². The third-order valence-corrected chi connectivity index (χ3v) is 6.18. The highest BCUT2D eigenvalue weighted by molar-refractivity contribution is 5.87. The zero-order chi connectivity index (χ0) is 25.9. The summed E-state index contributed by atoms with van der Waals surface area (Å²) < 4.78 is 5.59. The number of nitrogens with one attached hydrogen (secondary N) is 1. The SMILES string of the molecule is C=C1\C=C/C(c2c(OC)n[nH]c2-c2cccc(C)n2)=C/C=C/C1=C/C(=C\C)C/C(=C/CCC)CCC. The summed E-state index contributed by atoms with van der Waals surface area (Å²) in [6.45, 7) is 12.9. The van der Waals surface area contributed by atoms with Gasteiger partial charge in [-0.2, -0.15) is 0 Å². The number of nitrogens with zero attached hydrogens (tertiary/aromatic N) is 2. The molecule has 0 bridgehead atoms. The van der Waals surface area contributed by atoms with Crippen molar-refractivity contribution >= 4 is 5.57 Å². The number of aromatic amines is 1. The number of hydrogen-bond acceptors (Lipinski definition) is 3. The lowest BCUT2D eigenvalue weighted by Crippen LogP contribution is -1.94. The topological polar surface area (TPSA) is 50.8 Å². The van der Waals surface area contributed by atoms with Gasteiger partial charge >= 0.3 is 0 Å². The molecule has 0 aromatic carbocycles. The fourth-order valence-electron chi connectivity index (χ4n) is 4.25. The highest BCUT2D eigenvalue weighted by Crippen LogP contribution is 2.35. The Hall–Kier alpha value is -3.66. The van der Waals surface area contributed by atoms with Crippen LogP contribution in [-0.2, 0) is 0 Å². The molecule has 4 heteroatoms. The van der Waals surface area contributed by atoms with Gasteiger partial charge in [0.15, 0.2) is 0 Å². The molecule has 0 atom stereocenters. The van der Waals surface area contributed by atoms with Crippen molar-refractivity contribution in [3.05, 3.63) is 107 Å². The van der Waals surface area contributed by atoms with Crippen LogP contribution < -0.4 is 4.74 Å². The van der Waals surface area contributed by atoms with E-state index in [4.69, 9.17) is 4.74 Å². The Morgan fingerprint density at radius 1 is 1.14 bits per heavy atom. The third-order valence-electron chi connectivity index (χ3n) is 6.18. The summed E-state index contributed by atoms with van der Waals surface area (Å²) in [7, 11) is 1.64. The Labute approximate surface area is 216 Å². The minimum Gasteiger partial charge on any atom is -0.479 e. The van der Waals surface area contributed by atoms with Crippen LogP contribution in [0.4, 0.5) is 0 Å². The van der Waals surface area contributed by atoms with Gasteiger partial charge in [-0.1, -0.05) is 93.5 Å². The van der Waals surface area contributed by atoms with E-state index in [9.17, 15) is 0 Å². The lowest BCUT2D eigenvalue weighted by molar-refractivity contribution is 0.396. The zero-order valence-electron chi connectivity index (χ0n) is 22.4. The van der Waals surface area contributed by atoms with Crippen molar-refractivity contribution in [2.45, 2.75) is 59.8 Å². The van der Waals surface area contributed by atoms with Crippen molar-refractivity contribution in [3.8, 4) is 17.3 Å². The predicted molar refractivity (Wildman–Crippen MR) is 153 cm³/mol. The van der Waals surface area contributed by atoms with Crippen LogP contribution in [0.1, 0.15) is 64.1 Å². The Kier molecular flexibility index (Phi) is 10.1. The molecule has 1 aliphatic rings. The zero-order valence-corrected chi connectivity index (χ0v) is 22.4. The number of unbranched alkanes of at least 4 members (excludes halogenated alkanes) is 1. The van der Waals surface area contributed by atoms with Crippen molar-refractivity contribution in [2.75, 3.05) is 7.11 Å². The molecule has 3 rings (SSSR count). The Bertz CT molecular complexity index is 1250. The summed E-state index contributed by atoms with van der Waals surface area (Å²) in [6, 6.07) is 5.96. The first kappa shape index (κ1) is 26.9. The average Bonchev–Trinajstić information content (AvgIpc) is 3.30. The Morgan fingerprint density at radius 3 is 2.67 bits per heavy atom. The van der Waals surface area contributed by atoms with Gasteiger partial charge < -0.3 is 4.74 Å². The molecule has 4 nitrogen and oxygen atoms in total. The molecule has 36 heavy (non-hydrogen) atoms. The first-order chi connectivity index (χ1) is 17.5. The molecular formula is C32H39N3O. The largest absolute Gasteiger partial charge is 0.479 e. The van der Waals surface area contributed by atoms with Gasteiger partial charge in [0, 0.05) is 5.69 Å². The van der Waals surface area contributed by atoms with Gasteiger partial charge in [0.1, 0.15) is 0 Å². The molecule has 0 amide bonds. The standard InChI is InChI=1S/C32H39N3O/c1-7-10-15-26(13-8-2)21-25(9-3)22-28-17-12-16-27(20-19-23(28)4)30-31(34-35-32(30)36-6)29-18-11-14-24(5)33-29/h9,11-12,14-20,22H,4,7-8,10,13,21H2,1-3,5-6H3,(H,34,35)/b17-12+,20-19-,25-9-,26-15+,27-16-,28-22-. The molecule has 1 aliphatic carbocycles. The van der Waals surface area contributed by atoms with Crippen LogP contribution in [0, 0.1) is 6.92 Å². The second kappa shape index (κ2) is 13.4. The second-order valence-electron chi connectivity index (χ2n) is 9.03. The molecule has 0 saturated carbocycles. The minimum atomic E-state index is 0.540. The molecule has 0 unspecified atom stereocenters. The van der Waals surface area contributed by atoms with E-state index in [0.717, 1.165) is 58.6 Å². The van der Waals surface area contributed by atoms with Gasteiger partial charge in [-0.25, -0.2) is 0 Å². The summed E-state index contributed by atoms with van der Waals surface area (Å²) >= 11 is 0. The van der Waals surface area contributed by atoms with Crippen LogP contribution in [-0.4, -0.2) is 22.3 Å². The summed E-state index contributed by atoms with van der Waals surface area (Å²) in [6.07, 6.45) is 22.9. The van der Waals surface area contributed by atoms with Gasteiger partial charge in [0.25, 0.3) is 0 Å². The van der Waals surface area contributed by atoms with E-state index in [1.807, 2.05) is 25.1 Å². The van der Waals surface area contributed by atoms with Crippen LogP contribution in [0.2, 0.25) is 0 Å². The van der Waals surface area contributed by atoms with E-state index in [1.165, 1.54) is 24.0 Å². The van der Waals surface area contributed by atoms with E-state index >= 15 is 0 Å². The molecule has 0 saturated heterocycles. The normalized spacial score (nSPS) is 19.0. The summed E-state index contributed by atoms with van der Waals surface area (Å²) in [5.41, 5.74) is 9.39. The lowest BCUT2D eigenvalue weighted by Gasteiger charge is -2.12. The highest BCUT2D eigenvalue weighted by atomic mass is 16.5. The highest BCUT2D eigenvalue weighted by Gasteiger charge is 2.19. The van der Waals surface area contributed by atoms with E-state index in [1.54, 1.807) is 7.11 Å². The molecule has 2 aromatic heterocycles. The minimum absolute atomic E-state index is 0.540. The molecule has 2 aromatic rings. The Morgan fingerprint density at radius 2 is 1.97 bits per heavy atom. The van der Waals surface area contributed by atoms with Gasteiger partial charge in [0.2, 0.25) is 5.88 Å². The summed E-state index contributed by atoms with van der Waals surface area (Å²) in [4.78, 5) is 4.68. The van der Waals surface area contributed by atoms with Crippen molar-refractivity contribution in [3.63, 3.8) is 0 Å². The first-order valence-electron chi connectivity index (χ1n) is 12.9. The van der Waals surface area contributed by atoms with E-state index in [-0.39, 0.29) is 0 Å². The monoisotopic (exact) mass is 481 g/mol. The quantitative estimate of drug-likeness (QED) is 0.345. The van der Waals surface area contributed by atoms with E-state index in [2.05, 4.69) is 91.1 Å². The van der Waals surface area contributed by atoms with E-state index in [0.29, 0.717) is 5.88 Å². The predicted octanol–water partition coefficient (Wildman–Crippen LogP) is 8.64. The smallest absolute Gasteiger partial charge is 0.240 e. The Balaban J connectivity index is 1.94. The molecule has 2 heterocycles. The van der Waals surface area contributed by atoms with Crippen LogP contribution in [0.3, 0.4) is 0 Å². The fourth-order valence-corrected chi connectivity index (χ4v) is 4.25. The second-order valence-corrected chi connectivity index (χ2v) is 9.03. The van der Waals surface area contributed by atoms with Gasteiger partial charge in [-0.3, -0.25) is 10.1 Å². The maximum absolute atomic E-state index is 5.59. The maximum atomic E-state index is 5.59. The van der Waals surface area contributed by atoms with Crippen molar-refractivity contribution in [1.29, 1.82) is 0 Å². The fraction of sp³-hybridized carbons (Fsp3) is 0.312. The summed E-state index contributed by atoms with van der Waals surface area (Å²) in [5.74, 6) is 0.540. The van der Waals surface area contributed by atoms with Crippen molar-refractivity contribution in [2.24, 2.45) is 0 Å². The molecule has 0 fully saturated rings. The number of hydrogen-bond donors (Lipinski definition) is 1. The molecule has 0 aliphatic heterocycles. The molecule has 0 spiro atoms. The van der Waals surface area contributed by atoms with Crippen LogP contribution in [0.25, 0.3) is 17.0 Å². The number of methoxy groups -OCH3 is 1. The van der Waals surface area contributed by atoms with Crippen LogP contribution in [0.5, 0.6) is 5.88 Å². The molecule has 0 radical (unpaired) electrons. The van der Waals surface area contributed by atoms with Gasteiger partial charge in [-0.05, 0) is 67.5 Å². The number of H-pyrrole nitrogens is 1. The van der Waals surface area contributed by atoms with Gasteiger partial charge in [-0.15, -0.1) is 5.10 Å².